The van der Waals surface area contributed by atoms with Gasteiger partial charge in [0, 0.05) is 19.0 Å². The molecule has 6 nitrogen and oxygen atoms in total. The number of para-hydroxylation sites is 1. The van der Waals surface area contributed by atoms with Crippen LogP contribution in [0.3, 0.4) is 0 Å². The van der Waals surface area contributed by atoms with Gasteiger partial charge in [0.1, 0.15) is 17.5 Å². The molecule has 1 unspecified atom stereocenters. The van der Waals surface area contributed by atoms with Gasteiger partial charge in [0.25, 0.3) is 0 Å². The molecule has 0 spiro atoms. The maximum absolute atomic E-state index is 13.3. The molecule has 0 saturated heterocycles. The quantitative estimate of drug-likeness (QED) is 0.442. The first-order valence-electron chi connectivity index (χ1n) is 12.5. The number of rotatable bonds is 12. The van der Waals surface area contributed by atoms with E-state index in [4.69, 9.17) is 9.47 Å². The molecule has 184 valence electrons. The number of nitrogens with zero attached hydrogens (tertiary/aromatic N) is 1. The molecule has 1 fully saturated rings. The Bertz CT molecular complexity index is 879. The SMILES string of the molecule is CCC(C(=O)NC1CCCCC1)N(Cc1ccc(OC)cc1)C(=O)CCCOc1ccccc1. The number of ether oxygens (including phenoxy) is 2. The first-order valence-corrected chi connectivity index (χ1v) is 12.5. The van der Waals surface area contributed by atoms with Crippen LogP contribution in [0.5, 0.6) is 11.5 Å². The molecule has 1 aliphatic carbocycles. The summed E-state index contributed by atoms with van der Waals surface area (Å²) in [7, 11) is 1.63. The van der Waals surface area contributed by atoms with E-state index in [1.54, 1.807) is 12.0 Å². The second-order valence-electron chi connectivity index (χ2n) is 8.90. The van der Waals surface area contributed by atoms with Gasteiger partial charge in [-0.15, -0.1) is 0 Å². The van der Waals surface area contributed by atoms with Gasteiger partial charge < -0.3 is 19.7 Å². The molecule has 6 heteroatoms. The van der Waals surface area contributed by atoms with Gasteiger partial charge in [0.05, 0.1) is 13.7 Å². The van der Waals surface area contributed by atoms with Crippen molar-refractivity contribution in [1.29, 1.82) is 0 Å². The summed E-state index contributed by atoms with van der Waals surface area (Å²) in [4.78, 5) is 28.3. The van der Waals surface area contributed by atoms with Crippen molar-refractivity contribution in [2.75, 3.05) is 13.7 Å². The van der Waals surface area contributed by atoms with Gasteiger partial charge in [-0.1, -0.05) is 56.5 Å². The lowest BCUT2D eigenvalue weighted by Crippen LogP contribution is -2.51. The molecular formula is C28H38N2O4. The third-order valence-electron chi connectivity index (χ3n) is 6.40. The fraction of sp³-hybridized carbons (Fsp3) is 0.500. The fourth-order valence-corrected chi connectivity index (χ4v) is 4.47. The summed E-state index contributed by atoms with van der Waals surface area (Å²) in [5.41, 5.74) is 0.971. The molecular weight excluding hydrogens is 428 g/mol. The molecule has 2 aromatic carbocycles. The zero-order chi connectivity index (χ0) is 24.2. The van der Waals surface area contributed by atoms with Gasteiger partial charge in [-0.3, -0.25) is 9.59 Å². The van der Waals surface area contributed by atoms with Crippen molar-refractivity contribution >= 4 is 11.8 Å². The van der Waals surface area contributed by atoms with Crippen molar-refractivity contribution in [2.24, 2.45) is 0 Å². The molecule has 0 radical (unpaired) electrons. The van der Waals surface area contributed by atoms with Gasteiger partial charge >= 0.3 is 0 Å². The Morgan fingerprint density at radius 3 is 2.35 bits per heavy atom. The number of carbonyl (C=O) groups is 2. The highest BCUT2D eigenvalue weighted by Crippen LogP contribution is 2.20. The Kier molecular flexibility index (Phi) is 10.3. The van der Waals surface area contributed by atoms with Crippen molar-refractivity contribution in [3.05, 3.63) is 60.2 Å². The summed E-state index contributed by atoms with van der Waals surface area (Å²) in [6.07, 6.45) is 7.06. The van der Waals surface area contributed by atoms with E-state index in [9.17, 15) is 9.59 Å². The molecule has 0 heterocycles. The third kappa shape index (κ3) is 7.79. The number of nitrogens with one attached hydrogen (secondary N) is 1. The third-order valence-corrected chi connectivity index (χ3v) is 6.40. The average Bonchev–Trinajstić information content (AvgIpc) is 2.88. The maximum Gasteiger partial charge on any atom is 0.243 e. The Morgan fingerprint density at radius 1 is 1.00 bits per heavy atom. The van der Waals surface area contributed by atoms with E-state index < -0.39 is 6.04 Å². The van der Waals surface area contributed by atoms with Crippen LogP contribution in [0.2, 0.25) is 0 Å². The average molecular weight is 467 g/mol. The summed E-state index contributed by atoms with van der Waals surface area (Å²) in [5.74, 6) is 1.49. The van der Waals surface area contributed by atoms with E-state index in [0.717, 1.165) is 42.7 Å². The van der Waals surface area contributed by atoms with Crippen LogP contribution in [0.1, 0.15) is 63.9 Å². The normalized spacial score (nSPS) is 14.8. The molecule has 1 aliphatic rings. The predicted molar refractivity (Wildman–Crippen MR) is 134 cm³/mol. The molecule has 3 rings (SSSR count). The van der Waals surface area contributed by atoms with Gasteiger partial charge in [-0.25, -0.2) is 0 Å². The Morgan fingerprint density at radius 2 is 1.71 bits per heavy atom. The number of hydrogen-bond donors (Lipinski definition) is 1. The largest absolute Gasteiger partial charge is 0.497 e. The van der Waals surface area contributed by atoms with E-state index in [0.29, 0.717) is 32.4 Å². The molecule has 2 amide bonds. The minimum Gasteiger partial charge on any atom is -0.497 e. The molecule has 0 aromatic heterocycles. The molecule has 1 N–H and O–H groups in total. The smallest absolute Gasteiger partial charge is 0.243 e. The lowest BCUT2D eigenvalue weighted by atomic mass is 9.95. The van der Waals surface area contributed by atoms with E-state index in [-0.39, 0.29) is 17.9 Å². The summed E-state index contributed by atoms with van der Waals surface area (Å²) in [6.45, 7) is 2.81. The van der Waals surface area contributed by atoms with E-state index in [1.807, 2.05) is 61.5 Å². The zero-order valence-electron chi connectivity index (χ0n) is 20.5. The second-order valence-corrected chi connectivity index (χ2v) is 8.90. The van der Waals surface area contributed by atoms with Crippen molar-refractivity contribution in [3.8, 4) is 11.5 Å². The van der Waals surface area contributed by atoms with E-state index >= 15 is 0 Å². The number of methoxy groups -OCH3 is 1. The molecule has 1 atom stereocenters. The Hall–Kier alpha value is -3.02. The highest BCUT2D eigenvalue weighted by Gasteiger charge is 2.30. The van der Waals surface area contributed by atoms with Crippen LogP contribution in [-0.2, 0) is 16.1 Å². The number of amides is 2. The van der Waals surface area contributed by atoms with E-state index in [1.165, 1.54) is 6.42 Å². The van der Waals surface area contributed by atoms with Gasteiger partial charge in [-0.2, -0.15) is 0 Å². The Labute approximate surface area is 203 Å². The molecule has 1 saturated carbocycles. The number of hydrogen-bond acceptors (Lipinski definition) is 4. The molecule has 2 aromatic rings. The lowest BCUT2D eigenvalue weighted by Gasteiger charge is -2.33. The van der Waals surface area contributed by atoms with Gasteiger partial charge in [0.2, 0.25) is 11.8 Å². The lowest BCUT2D eigenvalue weighted by molar-refractivity contribution is -0.142. The second kappa shape index (κ2) is 13.6. The summed E-state index contributed by atoms with van der Waals surface area (Å²) >= 11 is 0. The van der Waals surface area contributed by atoms with Crippen molar-refractivity contribution in [1.82, 2.24) is 10.2 Å². The predicted octanol–water partition coefficient (Wildman–Crippen LogP) is 5.11. The minimum atomic E-state index is -0.494. The monoisotopic (exact) mass is 466 g/mol. The van der Waals surface area contributed by atoms with Crippen molar-refractivity contribution < 1.29 is 19.1 Å². The number of benzene rings is 2. The van der Waals surface area contributed by atoms with Crippen molar-refractivity contribution in [2.45, 2.75) is 76.9 Å². The van der Waals surface area contributed by atoms with Crippen LogP contribution in [0.25, 0.3) is 0 Å². The fourth-order valence-electron chi connectivity index (χ4n) is 4.47. The zero-order valence-corrected chi connectivity index (χ0v) is 20.5. The standard InChI is InChI=1S/C28H38N2O4/c1-3-26(28(32)29-23-11-6-4-7-12-23)30(21-22-16-18-24(33-2)19-17-22)27(31)15-10-20-34-25-13-8-5-9-14-25/h5,8-9,13-14,16-19,23,26H,3-4,6-7,10-12,15,20-21H2,1-2H3,(H,29,32). The van der Waals surface area contributed by atoms with Crippen LogP contribution in [0.15, 0.2) is 54.6 Å². The first kappa shape index (κ1) is 25.6. The number of carbonyl (C=O) groups excluding carboxylic acids is 2. The summed E-state index contributed by atoms with van der Waals surface area (Å²) in [5, 5.41) is 3.22. The Balaban J connectivity index is 1.65. The first-order chi connectivity index (χ1) is 16.6. The minimum absolute atomic E-state index is 0.0295. The van der Waals surface area contributed by atoms with Crippen LogP contribution >= 0.6 is 0 Å². The molecule has 34 heavy (non-hydrogen) atoms. The highest BCUT2D eigenvalue weighted by atomic mass is 16.5. The molecule has 0 bridgehead atoms. The highest BCUT2D eigenvalue weighted by molar-refractivity contribution is 5.87. The van der Waals surface area contributed by atoms with E-state index in [2.05, 4.69) is 5.32 Å². The van der Waals surface area contributed by atoms with Crippen LogP contribution < -0.4 is 14.8 Å². The summed E-state index contributed by atoms with van der Waals surface area (Å²) in [6, 6.07) is 17.0. The maximum atomic E-state index is 13.3. The topological polar surface area (TPSA) is 67.9 Å². The van der Waals surface area contributed by atoms with Crippen LogP contribution in [-0.4, -0.2) is 42.5 Å². The van der Waals surface area contributed by atoms with Crippen LogP contribution in [0, 0.1) is 0 Å². The van der Waals surface area contributed by atoms with Crippen LogP contribution in [0.4, 0.5) is 0 Å². The van der Waals surface area contributed by atoms with Gasteiger partial charge in [-0.05, 0) is 55.5 Å². The summed E-state index contributed by atoms with van der Waals surface area (Å²) < 4.78 is 11.0. The van der Waals surface area contributed by atoms with Crippen molar-refractivity contribution in [3.63, 3.8) is 0 Å². The molecule has 0 aliphatic heterocycles. The van der Waals surface area contributed by atoms with Gasteiger partial charge in [0.15, 0.2) is 0 Å².